The van der Waals surface area contributed by atoms with E-state index >= 15 is 0 Å². The summed E-state index contributed by atoms with van der Waals surface area (Å²) in [6.07, 6.45) is 2.32. The molecule has 122 valence electrons. The largest absolute Gasteiger partial charge is 0.493 e. The Morgan fingerprint density at radius 3 is 2.73 bits per heavy atom. The number of para-hydroxylation sites is 1. The first kappa shape index (κ1) is 15.8. The molecule has 2 aliphatic heterocycles. The van der Waals surface area contributed by atoms with Gasteiger partial charge in [-0.2, -0.15) is 0 Å². The van der Waals surface area contributed by atoms with Crippen molar-refractivity contribution in [3.05, 3.63) is 29.8 Å². The summed E-state index contributed by atoms with van der Waals surface area (Å²) < 4.78 is 11.1. The van der Waals surface area contributed by atoms with Gasteiger partial charge < -0.3 is 14.4 Å². The smallest absolute Gasteiger partial charge is 0.122 e. The number of methoxy groups -OCH3 is 1. The molecule has 4 heteroatoms. The monoisotopic (exact) mass is 304 g/mol. The highest BCUT2D eigenvalue weighted by Gasteiger charge is 2.22. The molecular weight excluding hydrogens is 276 g/mol. The number of fused-ring (bicyclic) bond motifs is 1. The van der Waals surface area contributed by atoms with E-state index in [0.29, 0.717) is 5.92 Å². The molecule has 0 aliphatic carbocycles. The summed E-state index contributed by atoms with van der Waals surface area (Å²) in [7, 11) is 1.78. The molecule has 0 saturated carbocycles. The quantitative estimate of drug-likeness (QED) is 0.829. The molecule has 22 heavy (non-hydrogen) atoms. The molecule has 2 aliphatic rings. The van der Waals surface area contributed by atoms with E-state index in [4.69, 9.17) is 9.47 Å². The predicted octanol–water partition coefficient (Wildman–Crippen LogP) is 1.89. The molecule has 1 atom stereocenters. The van der Waals surface area contributed by atoms with Gasteiger partial charge in [0.2, 0.25) is 0 Å². The van der Waals surface area contributed by atoms with Crippen LogP contribution < -0.4 is 4.74 Å². The van der Waals surface area contributed by atoms with Gasteiger partial charge in [0.1, 0.15) is 5.75 Å². The SMILES string of the molecule is COCCN1CCN(C[C@@H]2CCOc3ccccc3C2)CC1. The molecule has 0 N–H and O–H groups in total. The number of benzene rings is 1. The third-order valence-corrected chi connectivity index (χ3v) is 4.86. The van der Waals surface area contributed by atoms with Crippen LogP contribution >= 0.6 is 0 Å². The van der Waals surface area contributed by atoms with E-state index in [9.17, 15) is 0 Å². The van der Waals surface area contributed by atoms with Gasteiger partial charge in [-0.15, -0.1) is 0 Å². The van der Waals surface area contributed by atoms with E-state index in [1.165, 1.54) is 44.7 Å². The van der Waals surface area contributed by atoms with Gasteiger partial charge in [0.25, 0.3) is 0 Å². The van der Waals surface area contributed by atoms with E-state index in [-0.39, 0.29) is 0 Å². The summed E-state index contributed by atoms with van der Waals surface area (Å²) in [4.78, 5) is 5.13. The lowest BCUT2D eigenvalue weighted by atomic mass is 9.96. The van der Waals surface area contributed by atoms with Crippen LogP contribution in [0, 0.1) is 5.92 Å². The molecule has 0 bridgehead atoms. The van der Waals surface area contributed by atoms with Crippen molar-refractivity contribution in [3.8, 4) is 5.75 Å². The van der Waals surface area contributed by atoms with Gasteiger partial charge in [-0.1, -0.05) is 18.2 Å². The maximum absolute atomic E-state index is 5.89. The third-order valence-electron chi connectivity index (χ3n) is 4.86. The summed E-state index contributed by atoms with van der Waals surface area (Å²) in [6, 6.07) is 8.51. The van der Waals surface area contributed by atoms with Crippen molar-refractivity contribution in [2.24, 2.45) is 5.92 Å². The zero-order chi connectivity index (χ0) is 15.2. The topological polar surface area (TPSA) is 24.9 Å². The minimum Gasteiger partial charge on any atom is -0.493 e. The summed E-state index contributed by atoms with van der Waals surface area (Å²) in [5.41, 5.74) is 1.38. The number of nitrogens with zero attached hydrogens (tertiary/aromatic N) is 2. The fourth-order valence-corrected chi connectivity index (χ4v) is 3.50. The van der Waals surface area contributed by atoms with Crippen molar-refractivity contribution in [1.29, 1.82) is 0 Å². The highest BCUT2D eigenvalue weighted by Crippen LogP contribution is 2.27. The molecule has 4 nitrogen and oxygen atoms in total. The average Bonchev–Trinajstić information content (AvgIpc) is 2.76. The second-order valence-corrected chi connectivity index (χ2v) is 6.45. The molecule has 0 amide bonds. The van der Waals surface area contributed by atoms with Crippen LogP contribution in [-0.4, -0.2) is 69.4 Å². The Kier molecular flexibility index (Phi) is 5.70. The number of hydrogen-bond donors (Lipinski definition) is 0. The maximum Gasteiger partial charge on any atom is 0.122 e. The standard InChI is InChI=1S/C18H28N2O2/c1-21-13-11-19-7-9-20(10-8-19)15-16-6-12-22-18-5-3-2-4-17(18)14-16/h2-5,16H,6-15H2,1H3/t16-/m1/s1. The van der Waals surface area contributed by atoms with Crippen LogP contribution in [0.5, 0.6) is 5.75 Å². The van der Waals surface area contributed by atoms with E-state index in [2.05, 4.69) is 34.1 Å². The van der Waals surface area contributed by atoms with Crippen molar-refractivity contribution in [3.63, 3.8) is 0 Å². The molecule has 1 fully saturated rings. The first-order valence-corrected chi connectivity index (χ1v) is 8.49. The highest BCUT2D eigenvalue weighted by atomic mass is 16.5. The Balaban J connectivity index is 1.48. The van der Waals surface area contributed by atoms with E-state index < -0.39 is 0 Å². The van der Waals surface area contributed by atoms with Crippen molar-refractivity contribution in [1.82, 2.24) is 9.80 Å². The van der Waals surface area contributed by atoms with Gasteiger partial charge in [0.05, 0.1) is 13.2 Å². The van der Waals surface area contributed by atoms with Crippen molar-refractivity contribution < 1.29 is 9.47 Å². The molecule has 1 aromatic rings. The second-order valence-electron chi connectivity index (χ2n) is 6.45. The van der Waals surface area contributed by atoms with Gasteiger partial charge in [-0.05, 0) is 30.4 Å². The Hall–Kier alpha value is -1.10. The fraction of sp³-hybridized carbons (Fsp3) is 0.667. The Morgan fingerprint density at radius 1 is 1.14 bits per heavy atom. The first-order valence-electron chi connectivity index (χ1n) is 8.49. The average molecular weight is 304 g/mol. The first-order chi connectivity index (χ1) is 10.8. The minimum atomic E-state index is 0.717. The number of piperazine rings is 1. The molecule has 0 unspecified atom stereocenters. The highest BCUT2D eigenvalue weighted by molar-refractivity contribution is 5.34. The summed E-state index contributed by atoms with van der Waals surface area (Å²) >= 11 is 0. The summed E-state index contributed by atoms with van der Waals surface area (Å²) in [6.45, 7) is 8.68. The predicted molar refractivity (Wildman–Crippen MR) is 88.5 cm³/mol. The molecule has 1 aromatic carbocycles. The third kappa shape index (κ3) is 4.22. The molecule has 0 aromatic heterocycles. The van der Waals surface area contributed by atoms with E-state index in [0.717, 1.165) is 31.9 Å². The fourth-order valence-electron chi connectivity index (χ4n) is 3.50. The summed E-state index contributed by atoms with van der Waals surface area (Å²) in [5, 5.41) is 0. The maximum atomic E-state index is 5.89. The van der Waals surface area contributed by atoms with Gasteiger partial charge in [0, 0.05) is 46.4 Å². The van der Waals surface area contributed by atoms with Crippen molar-refractivity contribution >= 4 is 0 Å². The van der Waals surface area contributed by atoms with Crippen LogP contribution in [0.3, 0.4) is 0 Å². The van der Waals surface area contributed by atoms with Crippen LogP contribution in [0.1, 0.15) is 12.0 Å². The second kappa shape index (κ2) is 7.95. The molecule has 0 spiro atoms. The van der Waals surface area contributed by atoms with Crippen LogP contribution in [0.25, 0.3) is 0 Å². The van der Waals surface area contributed by atoms with Gasteiger partial charge in [-0.3, -0.25) is 4.90 Å². The van der Waals surface area contributed by atoms with Gasteiger partial charge in [0.15, 0.2) is 0 Å². The normalized spacial score (nSPS) is 23.6. The van der Waals surface area contributed by atoms with Crippen LogP contribution in [0.4, 0.5) is 0 Å². The van der Waals surface area contributed by atoms with Crippen molar-refractivity contribution in [2.75, 3.05) is 59.6 Å². The molecule has 3 rings (SSSR count). The zero-order valence-corrected chi connectivity index (χ0v) is 13.7. The molecular formula is C18H28N2O2. The lowest BCUT2D eigenvalue weighted by Crippen LogP contribution is -2.48. The van der Waals surface area contributed by atoms with Crippen molar-refractivity contribution in [2.45, 2.75) is 12.8 Å². The van der Waals surface area contributed by atoms with Crippen LogP contribution in [-0.2, 0) is 11.2 Å². The molecule has 1 saturated heterocycles. The zero-order valence-electron chi connectivity index (χ0n) is 13.7. The number of hydrogen-bond acceptors (Lipinski definition) is 4. The Bertz CT molecular complexity index is 458. The number of rotatable bonds is 5. The van der Waals surface area contributed by atoms with E-state index in [1.807, 2.05) is 0 Å². The molecule has 2 heterocycles. The Morgan fingerprint density at radius 2 is 1.91 bits per heavy atom. The van der Waals surface area contributed by atoms with Crippen LogP contribution in [0.15, 0.2) is 24.3 Å². The van der Waals surface area contributed by atoms with E-state index in [1.54, 1.807) is 7.11 Å². The minimum absolute atomic E-state index is 0.717. The summed E-state index contributed by atoms with van der Waals surface area (Å²) in [5.74, 6) is 1.81. The van der Waals surface area contributed by atoms with Gasteiger partial charge >= 0.3 is 0 Å². The Labute approximate surface area is 134 Å². The molecule has 0 radical (unpaired) electrons. The van der Waals surface area contributed by atoms with Gasteiger partial charge in [-0.25, -0.2) is 0 Å². The van der Waals surface area contributed by atoms with Crippen LogP contribution in [0.2, 0.25) is 0 Å². The lowest BCUT2D eigenvalue weighted by Gasteiger charge is -2.36. The number of ether oxygens (including phenoxy) is 2. The lowest BCUT2D eigenvalue weighted by molar-refractivity contribution is 0.0872.